The van der Waals surface area contributed by atoms with Crippen molar-refractivity contribution in [1.29, 1.82) is 0 Å². The number of nitrogens with zero attached hydrogens (tertiary/aromatic N) is 3. The van der Waals surface area contributed by atoms with Gasteiger partial charge in [-0.15, -0.1) is 0 Å². The van der Waals surface area contributed by atoms with Gasteiger partial charge in [0.05, 0.1) is 0 Å². The van der Waals surface area contributed by atoms with Crippen LogP contribution in [0.15, 0.2) is 0 Å². The third-order valence-electron chi connectivity index (χ3n) is 1.69. The van der Waals surface area contributed by atoms with Gasteiger partial charge in [0.1, 0.15) is 6.54 Å². The number of hydrogen-bond acceptors (Lipinski definition) is 4. The number of H-pyrrole nitrogens is 1. The molecular formula is C7H13N5OS. The zero-order chi connectivity index (χ0) is 10.4. The summed E-state index contributed by atoms with van der Waals surface area (Å²) in [6.07, 6.45) is 2.05. The fourth-order valence-electron chi connectivity index (χ4n) is 0.923. The molecule has 1 rings (SSSR count). The Bertz CT molecular complexity index is 344. The standard InChI is InChI=1S/C7H13N5OS/c1-2-3-4-8-6(13)5-12-7(14)9-10-11-12/h2-5H2,1H3,(H,8,13)(H,9,11,14). The topological polar surface area (TPSA) is 75.6 Å². The van der Waals surface area contributed by atoms with Gasteiger partial charge in [0, 0.05) is 6.54 Å². The van der Waals surface area contributed by atoms with Crippen LogP contribution in [-0.2, 0) is 11.3 Å². The van der Waals surface area contributed by atoms with Gasteiger partial charge in [-0.25, -0.2) is 4.68 Å². The summed E-state index contributed by atoms with van der Waals surface area (Å²) in [5.41, 5.74) is 0. The lowest BCUT2D eigenvalue weighted by Gasteiger charge is -2.03. The molecule has 7 heteroatoms. The van der Waals surface area contributed by atoms with Gasteiger partial charge in [0.15, 0.2) is 0 Å². The van der Waals surface area contributed by atoms with E-state index in [1.54, 1.807) is 0 Å². The summed E-state index contributed by atoms with van der Waals surface area (Å²) in [6.45, 7) is 2.92. The van der Waals surface area contributed by atoms with Gasteiger partial charge in [0.25, 0.3) is 0 Å². The van der Waals surface area contributed by atoms with Gasteiger partial charge in [-0.1, -0.05) is 23.7 Å². The summed E-state index contributed by atoms with van der Waals surface area (Å²) in [5.74, 6) is -0.0828. The van der Waals surface area contributed by atoms with Gasteiger partial charge < -0.3 is 5.32 Å². The predicted octanol–water partition coefficient (Wildman–Crippen LogP) is 0.252. The summed E-state index contributed by atoms with van der Waals surface area (Å²) >= 11 is 4.82. The van der Waals surface area contributed by atoms with Crippen molar-refractivity contribution >= 4 is 18.1 Å². The van der Waals surface area contributed by atoms with Crippen molar-refractivity contribution in [3.05, 3.63) is 4.77 Å². The fraction of sp³-hybridized carbons (Fsp3) is 0.714. The third-order valence-corrected chi connectivity index (χ3v) is 1.99. The number of tetrazole rings is 1. The Labute approximate surface area is 86.7 Å². The molecule has 14 heavy (non-hydrogen) atoms. The van der Waals surface area contributed by atoms with E-state index in [4.69, 9.17) is 12.2 Å². The van der Waals surface area contributed by atoms with Crippen LogP contribution in [0.3, 0.4) is 0 Å². The maximum Gasteiger partial charge on any atom is 0.241 e. The van der Waals surface area contributed by atoms with Crippen LogP contribution in [0, 0.1) is 4.77 Å². The van der Waals surface area contributed by atoms with Crippen LogP contribution >= 0.6 is 12.2 Å². The highest BCUT2D eigenvalue weighted by Crippen LogP contribution is 1.85. The van der Waals surface area contributed by atoms with Crippen LogP contribution in [0.1, 0.15) is 19.8 Å². The van der Waals surface area contributed by atoms with E-state index in [9.17, 15) is 4.79 Å². The lowest BCUT2D eigenvalue weighted by atomic mass is 10.3. The largest absolute Gasteiger partial charge is 0.354 e. The van der Waals surface area contributed by atoms with E-state index < -0.39 is 0 Å². The monoisotopic (exact) mass is 215 g/mol. The summed E-state index contributed by atoms with van der Waals surface area (Å²) in [5, 5.41) is 12.3. The molecule has 0 unspecified atom stereocenters. The fourth-order valence-corrected chi connectivity index (χ4v) is 1.07. The van der Waals surface area contributed by atoms with Gasteiger partial charge in [-0.05, 0) is 18.6 Å². The maximum atomic E-state index is 11.3. The first-order valence-electron chi connectivity index (χ1n) is 4.48. The molecule has 0 saturated heterocycles. The molecule has 0 aliphatic carbocycles. The van der Waals surface area contributed by atoms with E-state index in [1.807, 2.05) is 0 Å². The molecule has 0 bridgehead atoms. The molecule has 0 radical (unpaired) electrons. The Balaban J connectivity index is 2.34. The van der Waals surface area contributed by atoms with Crippen LogP contribution in [0.4, 0.5) is 0 Å². The van der Waals surface area contributed by atoms with Gasteiger partial charge in [0.2, 0.25) is 10.7 Å². The maximum absolute atomic E-state index is 11.3. The lowest BCUT2D eigenvalue weighted by Crippen LogP contribution is -2.28. The van der Waals surface area contributed by atoms with Gasteiger partial charge >= 0.3 is 0 Å². The van der Waals surface area contributed by atoms with Crippen molar-refractivity contribution in [3.63, 3.8) is 0 Å². The quantitative estimate of drug-likeness (QED) is 0.545. The molecule has 1 amide bonds. The Kier molecular flexibility index (Phi) is 4.24. The van der Waals surface area contributed by atoms with E-state index in [-0.39, 0.29) is 17.2 Å². The molecule has 78 valence electrons. The number of nitrogens with one attached hydrogen (secondary N) is 2. The Morgan fingerprint density at radius 3 is 3.07 bits per heavy atom. The van der Waals surface area contributed by atoms with Crippen molar-refractivity contribution in [2.45, 2.75) is 26.3 Å². The second-order valence-corrected chi connectivity index (χ2v) is 3.24. The third kappa shape index (κ3) is 3.25. The SMILES string of the molecule is CCCCNC(=O)Cn1[nH]nnc1=S. The predicted molar refractivity (Wildman–Crippen MR) is 53.1 cm³/mol. The lowest BCUT2D eigenvalue weighted by molar-refractivity contribution is -0.121. The molecule has 0 aliphatic heterocycles. The molecule has 0 spiro atoms. The van der Waals surface area contributed by atoms with Crippen LogP contribution in [-0.4, -0.2) is 32.7 Å². The minimum atomic E-state index is -0.0828. The van der Waals surface area contributed by atoms with Crippen molar-refractivity contribution < 1.29 is 4.79 Å². The first kappa shape index (κ1) is 10.8. The van der Waals surface area contributed by atoms with Crippen LogP contribution in [0.2, 0.25) is 0 Å². The minimum Gasteiger partial charge on any atom is -0.354 e. The molecule has 0 aromatic carbocycles. The second kappa shape index (κ2) is 5.48. The molecule has 0 fully saturated rings. The van der Waals surface area contributed by atoms with Crippen molar-refractivity contribution in [2.75, 3.05) is 6.54 Å². The van der Waals surface area contributed by atoms with Gasteiger partial charge in [-0.2, -0.15) is 5.21 Å². The average Bonchev–Trinajstić information content (AvgIpc) is 2.52. The van der Waals surface area contributed by atoms with Crippen molar-refractivity contribution in [3.8, 4) is 0 Å². The number of amides is 1. The molecule has 1 heterocycles. The Morgan fingerprint density at radius 2 is 2.50 bits per heavy atom. The normalized spacial score (nSPS) is 10.1. The molecule has 0 saturated carbocycles. The first-order chi connectivity index (χ1) is 6.74. The van der Waals surface area contributed by atoms with Crippen LogP contribution in [0.25, 0.3) is 0 Å². The highest BCUT2D eigenvalue weighted by molar-refractivity contribution is 7.71. The zero-order valence-electron chi connectivity index (χ0n) is 7.99. The highest BCUT2D eigenvalue weighted by atomic mass is 32.1. The molecule has 6 nitrogen and oxygen atoms in total. The molecular weight excluding hydrogens is 202 g/mol. The first-order valence-corrected chi connectivity index (χ1v) is 4.89. The molecule has 1 aromatic heterocycles. The summed E-state index contributed by atoms with van der Waals surface area (Å²) in [7, 11) is 0. The number of hydrogen-bond donors (Lipinski definition) is 2. The number of unbranched alkanes of at least 4 members (excludes halogenated alkanes) is 1. The molecule has 0 atom stereocenters. The number of rotatable bonds is 5. The number of carbonyl (C=O) groups excluding carboxylic acids is 1. The van der Waals surface area contributed by atoms with Crippen LogP contribution in [0.5, 0.6) is 0 Å². The number of aromatic amines is 1. The highest BCUT2D eigenvalue weighted by Gasteiger charge is 2.03. The van der Waals surface area contributed by atoms with E-state index in [1.165, 1.54) is 4.68 Å². The summed E-state index contributed by atoms with van der Waals surface area (Å²) in [6, 6.07) is 0. The Morgan fingerprint density at radius 1 is 1.71 bits per heavy atom. The molecule has 0 aliphatic rings. The van der Waals surface area contributed by atoms with Crippen molar-refractivity contribution in [2.24, 2.45) is 0 Å². The van der Waals surface area contributed by atoms with Crippen molar-refractivity contribution in [1.82, 2.24) is 25.5 Å². The number of aromatic nitrogens is 4. The van der Waals surface area contributed by atoms with E-state index in [0.717, 1.165) is 12.8 Å². The van der Waals surface area contributed by atoms with E-state index >= 15 is 0 Å². The Hall–Kier alpha value is -1.24. The van der Waals surface area contributed by atoms with Crippen LogP contribution < -0.4 is 5.32 Å². The summed E-state index contributed by atoms with van der Waals surface area (Å²) in [4.78, 5) is 11.3. The second-order valence-electron chi connectivity index (χ2n) is 2.87. The van der Waals surface area contributed by atoms with E-state index in [2.05, 4.69) is 27.8 Å². The summed E-state index contributed by atoms with van der Waals surface area (Å²) < 4.78 is 1.70. The zero-order valence-corrected chi connectivity index (χ0v) is 8.80. The molecule has 2 N–H and O–H groups in total. The number of carbonyl (C=O) groups is 1. The van der Waals surface area contributed by atoms with E-state index in [0.29, 0.717) is 6.54 Å². The average molecular weight is 215 g/mol. The minimum absolute atomic E-state index is 0.0828. The van der Waals surface area contributed by atoms with Gasteiger partial charge in [-0.3, -0.25) is 4.79 Å². The molecule has 1 aromatic rings. The smallest absolute Gasteiger partial charge is 0.241 e.